The quantitative estimate of drug-likeness (QED) is 0.183. The van der Waals surface area contributed by atoms with Crippen molar-refractivity contribution >= 4 is 0 Å². The van der Waals surface area contributed by atoms with Gasteiger partial charge in [0.15, 0.2) is 0 Å². The Kier molecular flexibility index (Phi) is 2.19. The molecule has 0 atom stereocenters. The first-order valence-electron chi connectivity index (χ1n) is 3.29. The van der Waals surface area contributed by atoms with E-state index < -0.39 is 0 Å². The molecule has 0 aromatic carbocycles. The van der Waals surface area contributed by atoms with Crippen LogP contribution in [0.4, 0.5) is 0 Å². The second kappa shape index (κ2) is 2.79. The van der Waals surface area contributed by atoms with Gasteiger partial charge in [0.05, 0.1) is 13.1 Å². The molecule has 0 aliphatic carbocycles. The first kappa shape index (κ1) is 7.86. The molecule has 6 heteroatoms. The number of nitrogens with two attached hydrogens (primary N) is 3. The number of rotatable bonds is 1. The van der Waals surface area contributed by atoms with Crippen molar-refractivity contribution in [3.63, 3.8) is 0 Å². The number of hydrogen-bond donors (Lipinski definition) is 4. The SMILES string of the molecule is NN[N+]1(N)CCN(N)CC1. The lowest BCUT2D eigenvalue weighted by atomic mass is 10.4. The Labute approximate surface area is 60.0 Å². The molecular formula is C4H15N6+. The molecular weight excluding hydrogens is 132 g/mol. The van der Waals surface area contributed by atoms with E-state index in [0.29, 0.717) is 0 Å². The average molecular weight is 147 g/mol. The van der Waals surface area contributed by atoms with E-state index in [1.807, 2.05) is 0 Å². The maximum atomic E-state index is 5.74. The van der Waals surface area contributed by atoms with Crippen LogP contribution >= 0.6 is 0 Å². The monoisotopic (exact) mass is 147 g/mol. The van der Waals surface area contributed by atoms with E-state index in [9.17, 15) is 0 Å². The van der Waals surface area contributed by atoms with Crippen LogP contribution in [0.5, 0.6) is 0 Å². The summed E-state index contributed by atoms with van der Waals surface area (Å²) in [7, 11) is 0. The highest BCUT2D eigenvalue weighted by atomic mass is 15.9. The van der Waals surface area contributed by atoms with Crippen LogP contribution in [0.25, 0.3) is 0 Å². The van der Waals surface area contributed by atoms with Gasteiger partial charge < -0.3 is 0 Å². The van der Waals surface area contributed by atoms with Crippen molar-refractivity contribution in [3.8, 4) is 0 Å². The van der Waals surface area contributed by atoms with E-state index in [4.69, 9.17) is 17.5 Å². The van der Waals surface area contributed by atoms with Gasteiger partial charge in [0, 0.05) is 0 Å². The molecule has 6 nitrogen and oxygen atoms in total. The summed E-state index contributed by atoms with van der Waals surface area (Å²) >= 11 is 0. The highest BCUT2D eigenvalue weighted by Gasteiger charge is 2.27. The number of piperazine rings is 1. The van der Waals surface area contributed by atoms with Crippen molar-refractivity contribution in [2.45, 2.75) is 0 Å². The predicted octanol–water partition coefficient (Wildman–Crippen LogP) is -2.76. The van der Waals surface area contributed by atoms with Crippen molar-refractivity contribution in [1.82, 2.24) is 10.5 Å². The summed E-state index contributed by atoms with van der Waals surface area (Å²) in [6, 6.07) is 0. The molecule has 7 N–H and O–H groups in total. The highest BCUT2D eigenvalue weighted by molar-refractivity contribution is 4.52. The fourth-order valence-electron chi connectivity index (χ4n) is 0.966. The normalized spacial score (nSPS) is 26.7. The third kappa shape index (κ3) is 1.63. The summed E-state index contributed by atoms with van der Waals surface area (Å²) < 4.78 is 0.216. The first-order chi connectivity index (χ1) is 4.66. The van der Waals surface area contributed by atoms with Crippen molar-refractivity contribution in [2.24, 2.45) is 17.5 Å². The lowest BCUT2D eigenvalue weighted by Gasteiger charge is -2.36. The van der Waals surface area contributed by atoms with Crippen LogP contribution in [0.3, 0.4) is 0 Å². The molecule has 1 heterocycles. The van der Waals surface area contributed by atoms with Gasteiger partial charge in [-0.15, -0.1) is 0 Å². The molecule has 60 valence electrons. The smallest absolute Gasteiger partial charge is 0.130 e. The van der Waals surface area contributed by atoms with E-state index in [-0.39, 0.29) is 4.70 Å². The Morgan fingerprint density at radius 1 is 1.30 bits per heavy atom. The summed E-state index contributed by atoms with van der Waals surface area (Å²) in [6.45, 7) is 3.04. The van der Waals surface area contributed by atoms with Crippen molar-refractivity contribution in [2.75, 3.05) is 26.2 Å². The summed E-state index contributed by atoms with van der Waals surface area (Å²) in [5, 5.41) is 1.74. The van der Waals surface area contributed by atoms with E-state index >= 15 is 0 Å². The van der Waals surface area contributed by atoms with Gasteiger partial charge in [-0.3, -0.25) is 5.84 Å². The van der Waals surface area contributed by atoms with Gasteiger partial charge in [0.2, 0.25) is 0 Å². The van der Waals surface area contributed by atoms with E-state index in [1.165, 1.54) is 0 Å². The van der Waals surface area contributed by atoms with Crippen molar-refractivity contribution in [1.29, 1.82) is 0 Å². The summed E-state index contributed by atoms with van der Waals surface area (Å²) in [4.78, 5) is 0. The Bertz CT molecular complexity index is 106. The zero-order chi connectivity index (χ0) is 7.61. The minimum absolute atomic E-state index is 0.216. The molecule has 0 spiro atoms. The Morgan fingerprint density at radius 3 is 2.20 bits per heavy atom. The van der Waals surface area contributed by atoms with Crippen molar-refractivity contribution in [3.05, 3.63) is 0 Å². The van der Waals surface area contributed by atoms with Crippen LogP contribution < -0.4 is 23.1 Å². The van der Waals surface area contributed by atoms with Gasteiger partial charge >= 0.3 is 0 Å². The first-order valence-corrected chi connectivity index (χ1v) is 3.29. The van der Waals surface area contributed by atoms with Gasteiger partial charge in [-0.1, -0.05) is 5.53 Å². The standard InChI is InChI=1S/C4H15N6/c5-8-10(7)3-1-9(6)2-4-10/h8H,1-7H2/q+1. The molecule has 1 aliphatic heterocycles. The molecule has 0 radical (unpaired) electrons. The maximum Gasteiger partial charge on any atom is 0.130 e. The van der Waals surface area contributed by atoms with Crippen LogP contribution in [-0.2, 0) is 0 Å². The zero-order valence-electron chi connectivity index (χ0n) is 5.95. The van der Waals surface area contributed by atoms with E-state index in [0.717, 1.165) is 26.2 Å². The van der Waals surface area contributed by atoms with Crippen LogP contribution in [0, 0.1) is 0 Å². The van der Waals surface area contributed by atoms with Gasteiger partial charge in [-0.25, -0.2) is 10.9 Å². The highest BCUT2D eigenvalue weighted by Crippen LogP contribution is 1.97. The lowest BCUT2D eigenvalue weighted by molar-refractivity contribution is -0.985. The predicted molar refractivity (Wildman–Crippen MR) is 37.3 cm³/mol. The second-order valence-electron chi connectivity index (χ2n) is 2.65. The summed E-state index contributed by atoms with van der Waals surface area (Å²) in [5.74, 6) is 16.5. The number of hydrogen-bond acceptors (Lipinski definition) is 5. The van der Waals surface area contributed by atoms with Gasteiger partial charge in [-0.05, 0) is 0 Å². The zero-order valence-corrected chi connectivity index (χ0v) is 5.95. The minimum Gasteiger partial charge on any atom is -0.268 e. The van der Waals surface area contributed by atoms with Gasteiger partial charge in [-0.2, -0.15) is 10.5 Å². The van der Waals surface area contributed by atoms with Crippen LogP contribution in [0.1, 0.15) is 0 Å². The fourth-order valence-corrected chi connectivity index (χ4v) is 0.966. The average Bonchev–Trinajstić information content (AvgIpc) is 1.96. The van der Waals surface area contributed by atoms with Gasteiger partial charge in [0.1, 0.15) is 13.1 Å². The largest absolute Gasteiger partial charge is 0.268 e. The third-order valence-electron chi connectivity index (χ3n) is 1.83. The molecule has 0 saturated carbocycles. The number of hydrazine groups is 2. The van der Waals surface area contributed by atoms with Gasteiger partial charge in [0.25, 0.3) is 0 Å². The lowest BCUT2D eigenvalue weighted by Crippen LogP contribution is -2.72. The van der Waals surface area contributed by atoms with Crippen LogP contribution in [0.15, 0.2) is 0 Å². The summed E-state index contributed by atoms with van der Waals surface area (Å²) in [5.41, 5.74) is 2.53. The second-order valence-corrected chi connectivity index (χ2v) is 2.65. The Morgan fingerprint density at radius 2 is 1.80 bits per heavy atom. The Balaban J connectivity index is 2.38. The third-order valence-corrected chi connectivity index (χ3v) is 1.83. The maximum absolute atomic E-state index is 5.74. The summed E-state index contributed by atoms with van der Waals surface area (Å²) in [6.07, 6.45) is 0. The minimum atomic E-state index is 0.216. The molecule has 0 aromatic heterocycles. The molecule has 1 rings (SSSR count). The molecule has 10 heavy (non-hydrogen) atoms. The molecule has 1 aliphatic rings. The number of quaternary nitrogens is 1. The fraction of sp³-hybridized carbons (Fsp3) is 1.00. The van der Waals surface area contributed by atoms with E-state index in [2.05, 4.69) is 5.53 Å². The van der Waals surface area contributed by atoms with Crippen LogP contribution in [-0.4, -0.2) is 35.9 Å². The Hall–Kier alpha value is -0.240. The van der Waals surface area contributed by atoms with Crippen LogP contribution in [0.2, 0.25) is 0 Å². The molecule has 0 aromatic rings. The molecule has 0 bridgehead atoms. The molecule has 1 saturated heterocycles. The molecule has 0 amide bonds. The molecule has 0 unspecified atom stereocenters. The van der Waals surface area contributed by atoms with E-state index in [1.54, 1.807) is 5.01 Å². The molecule has 1 fully saturated rings. The topological polar surface area (TPSA) is 93.3 Å². The number of nitrogens with one attached hydrogen (secondary N) is 1. The number of nitrogens with zero attached hydrogens (tertiary/aromatic N) is 2. The van der Waals surface area contributed by atoms with Crippen molar-refractivity contribution < 1.29 is 4.70 Å².